The number of para-hydroxylation sites is 1. The molecule has 4 rings (SSSR count). The van der Waals surface area contributed by atoms with E-state index in [1.807, 2.05) is 55.1 Å². The second-order valence-corrected chi connectivity index (χ2v) is 6.88. The molecule has 2 heterocycles. The van der Waals surface area contributed by atoms with Gasteiger partial charge in [-0.25, -0.2) is 4.39 Å². The number of rotatable bonds is 5. The molecule has 4 nitrogen and oxygen atoms in total. The average Bonchev–Trinajstić information content (AvgIpc) is 3.03. The van der Waals surface area contributed by atoms with E-state index in [2.05, 4.69) is 4.98 Å². The molecule has 0 aliphatic rings. The molecule has 2 aromatic carbocycles. The molecule has 0 amide bonds. The van der Waals surface area contributed by atoms with Crippen molar-refractivity contribution in [2.24, 2.45) is 12.8 Å². The highest BCUT2D eigenvalue weighted by molar-refractivity contribution is 5.91. The molecule has 0 aliphatic carbocycles. The second-order valence-electron chi connectivity index (χ2n) is 6.88. The number of nitrogens with zero attached hydrogens (tertiary/aromatic N) is 2. The largest absolute Gasteiger partial charge is 0.485 e. The van der Waals surface area contributed by atoms with Gasteiger partial charge in [0.05, 0.1) is 11.0 Å². The topological polar surface area (TPSA) is 53.1 Å². The third-order valence-electron chi connectivity index (χ3n) is 5.06. The van der Waals surface area contributed by atoms with Crippen molar-refractivity contribution in [2.75, 3.05) is 6.54 Å². The zero-order valence-electron chi connectivity index (χ0n) is 15.4. The van der Waals surface area contributed by atoms with Crippen molar-refractivity contribution in [1.82, 2.24) is 9.55 Å². The lowest BCUT2D eigenvalue weighted by Gasteiger charge is -2.13. The Kier molecular flexibility index (Phi) is 4.54. The number of aryl methyl sites for hydroxylation is 1. The SMILES string of the molecule is CC(CN)c1cn(C)c2ccc(F)c(OCc3cccc4cccnc34)c12. The minimum atomic E-state index is -0.368. The Labute approximate surface area is 157 Å². The van der Waals surface area contributed by atoms with Gasteiger partial charge in [-0.15, -0.1) is 0 Å². The Bertz CT molecular complexity index is 1110. The summed E-state index contributed by atoms with van der Waals surface area (Å²) in [5, 5.41) is 1.83. The lowest BCUT2D eigenvalue weighted by atomic mass is 10.00. The fraction of sp³-hybridized carbons (Fsp3) is 0.227. The van der Waals surface area contributed by atoms with Crippen molar-refractivity contribution in [3.05, 3.63) is 71.8 Å². The lowest BCUT2D eigenvalue weighted by molar-refractivity contribution is 0.295. The number of ether oxygens (including phenoxy) is 1. The first kappa shape index (κ1) is 17.5. The Morgan fingerprint density at radius 1 is 1.19 bits per heavy atom. The Hall–Kier alpha value is -2.92. The first-order valence-electron chi connectivity index (χ1n) is 9.03. The molecule has 1 unspecified atom stereocenters. The predicted octanol–water partition coefficient (Wildman–Crippen LogP) is 4.51. The number of hydrogen-bond acceptors (Lipinski definition) is 3. The van der Waals surface area contributed by atoms with Crippen molar-refractivity contribution in [3.8, 4) is 5.75 Å². The third kappa shape index (κ3) is 3.04. The van der Waals surface area contributed by atoms with Crippen LogP contribution in [0.4, 0.5) is 4.39 Å². The van der Waals surface area contributed by atoms with Crippen LogP contribution in [0.25, 0.3) is 21.8 Å². The molecule has 0 fully saturated rings. The smallest absolute Gasteiger partial charge is 0.165 e. The van der Waals surface area contributed by atoms with Crippen molar-refractivity contribution in [1.29, 1.82) is 0 Å². The predicted molar refractivity (Wildman–Crippen MR) is 106 cm³/mol. The van der Waals surface area contributed by atoms with E-state index in [1.54, 1.807) is 12.3 Å². The molecule has 1 atom stereocenters. The zero-order valence-corrected chi connectivity index (χ0v) is 15.4. The molecule has 2 aromatic heterocycles. The van der Waals surface area contributed by atoms with Crippen molar-refractivity contribution < 1.29 is 9.13 Å². The summed E-state index contributed by atoms with van der Waals surface area (Å²) in [6.07, 6.45) is 3.76. The zero-order chi connectivity index (χ0) is 19.0. The van der Waals surface area contributed by atoms with E-state index in [1.165, 1.54) is 6.07 Å². The molecule has 0 spiro atoms. The Balaban J connectivity index is 1.78. The summed E-state index contributed by atoms with van der Waals surface area (Å²) in [5.74, 6) is 0.0146. The maximum Gasteiger partial charge on any atom is 0.165 e. The van der Waals surface area contributed by atoms with E-state index in [0.717, 1.165) is 32.9 Å². The van der Waals surface area contributed by atoms with Gasteiger partial charge in [-0.05, 0) is 36.2 Å². The highest BCUT2D eigenvalue weighted by atomic mass is 19.1. The molecule has 0 aliphatic heterocycles. The van der Waals surface area contributed by atoms with Gasteiger partial charge in [0.1, 0.15) is 6.61 Å². The monoisotopic (exact) mass is 363 g/mol. The van der Waals surface area contributed by atoms with E-state index in [9.17, 15) is 4.39 Å². The van der Waals surface area contributed by atoms with Crippen LogP contribution in [0.1, 0.15) is 24.0 Å². The van der Waals surface area contributed by atoms with Gasteiger partial charge in [-0.2, -0.15) is 0 Å². The Morgan fingerprint density at radius 2 is 2.00 bits per heavy atom. The van der Waals surface area contributed by atoms with Gasteiger partial charge in [0.25, 0.3) is 0 Å². The molecule has 0 radical (unpaired) electrons. The van der Waals surface area contributed by atoms with Crippen LogP contribution >= 0.6 is 0 Å². The van der Waals surface area contributed by atoms with Crippen molar-refractivity contribution in [3.63, 3.8) is 0 Å². The second kappa shape index (κ2) is 7.00. The molecule has 138 valence electrons. The van der Waals surface area contributed by atoms with Crippen LogP contribution in [0.15, 0.2) is 54.9 Å². The van der Waals surface area contributed by atoms with Gasteiger partial charge in [0.15, 0.2) is 11.6 Å². The van der Waals surface area contributed by atoms with E-state index >= 15 is 0 Å². The normalized spacial score (nSPS) is 12.6. The molecule has 2 N–H and O–H groups in total. The van der Waals surface area contributed by atoms with Crippen LogP contribution in [0.5, 0.6) is 5.75 Å². The number of fused-ring (bicyclic) bond motifs is 2. The maximum atomic E-state index is 14.7. The number of halogens is 1. The fourth-order valence-corrected chi connectivity index (χ4v) is 3.54. The average molecular weight is 363 g/mol. The van der Waals surface area contributed by atoms with Gasteiger partial charge >= 0.3 is 0 Å². The summed E-state index contributed by atoms with van der Waals surface area (Å²) in [5.41, 5.74) is 9.59. The minimum absolute atomic E-state index is 0.108. The van der Waals surface area contributed by atoms with Crippen molar-refractivity contribution in [2.45, 2.75) is 19.4 Å². The van der Waals surface area contributed by atoms with Crippen molar-refractivity contribution >= 4 is 21.8 Å². The minimum Gasteiger partial charge on any atom is -0.485 e. The Morgan fingerprint density at radius 3 is 2.81 bits per heavy atom. The number of nitrogens with two attached hydrogens (primary N) is 1. The quantitative estimate of drug-likeness (QED) is 0.568. The summed E-state index contributed by atoms with van der Waals surface area (Å²) in [7, 11) is 1.95. The standard InChI is InChI=1S/C22H22FN3O/c1-14(11-24)17-12-26(2)19-9-8-18(23)22(20(17)19)27-13-16-6-3-5-15-7-4-10-25-21(15)16/h3-10,12,14H,11,13,24H2,1-2H3. The van der Waals surface area contributed by atoms with Gasteiger partial charge in [0.2, 0.25) is 0 Å². The third-order valence-corrected chi connectivity index (χ3v) is 5.06. The summed E-state index contributed by atoms with van der Waals surface area (Å²) in [4.78, 5) is 4.45. The number of pyridine rings is 1. The summed E-state index contributed by atoms with van der Waals surface area (Å²) >= 11 is 0. The van der Waals surface area contributed by atoms with Crippen LogP contribution in [0.3, 0.4) is 0 Å². The van der Waals surface area contributed by atoms with Crippen LogP contribution in [0.2, 0.25) is 0 Å². The number of hydrogen-bond donors (Lipinski definition) is 1. The highest BCUT2D eigenvalue weighted by Crippen LogP contribution is 2.36. The maximum absolute atomic E-state index is 14.7. The highest BCUT2D eigenvalue weighted by Gasteiger charge is 2.19. The van der Waals surface area contributed by atoms with E-state index < -0.39 is 0 Å². The molecule has 4 aromatic rings. The van der Waals surface area contributed by atoms with E-state index in [-0.39, 0.29) is 24.1 Å². The molecule has 0 bridgehead atoms. The molecular formula is C22H22FN3O. The van der Waals surface area contributed by atoms with Crippen LogP contribution in [-0.4, -0.2) is 16.1 Å². The van der Waals surface area contributed by atoms with Gasteiger partial charge < -0.3 is 15.0 Å². The van der Waals surface area contributed by atoms with E-state index in [0.29, 0.717) is 6.54 Å². The fourth-order valence-electron chi connectivity index (χ4n) is 3.54. The van der Waals surface area contributed by atoms with E-state index in [4.69, 9.17) is 10.5 Å². The van der Waals surface area contributed by atoms with Gasteiger partial charge in [-0.1, -0.05) is 31.2 Å². The molecule has 5 heteroatoms. The van der Waals surface area contributed by atoms with Crippen LogP contribution < -0.4 is 10.5 Å². The first-order chi connectivity index (χ1) is 13.1. The molecule has 27 heavy (non-hydrogen) atoms. The summed E-state index contributed by atoms with van der Waals surface area (Å²) in [6.45, 7) is 2.77. The van der Waals surface area contributed by atoms with Crippen LogP contribution in [-0.2, 0) is 13.7 Å². The molecule has 0 saturated carbocycles. The van der Waals surface area contributed by atoms with Crippen LogP contribution in [0, 0.1) is 5.82 Å². The van der Waals surface area contributed by atoms with Gasteiger partial charge in [-0.3, -0.25) is 4.98 Å². The lowest BCUT2D eigenvalue weighted by Crippen LogP contribution is -2.09. The number of aromatic nitrogens is 2. The summed E-state index contributed by atoms with van der Waals surface area (Å²) < 4.78 is 22.7. The summed E-state index contributed by atoms with van der Waals surface area (Å²) in [6, 6.07) is 13.1. The molecular weight excluding hydrogens is 341 g/mol. The molecule has 0 saturated heterocycles. The van der Waals surface area contributed by atoms with Gasteiger partial charge in [0, 0.05) is 35.8 Å². The number of benzene rings is 2. The first-order valence-corrected chi connectivity index (χ1v) is 9.03.